The van der Waals surface area contributed by atoms with E-state index in [1.165, 1.54) is 0 Å². The van der Waals surface area contributed by atoms with Crippen molar-refractivity contribution in [2.75, 3.05) is 6.26 Å². The zero-order valence-electron chi connectivity index (χ0n) is 16.4. The van der Waals surface area contributed by atoms with Crippen LogP contribution in [-0.4, -0.2) is 24.1 Å². The molecule has 1 N–H and O–H groups in total. The fraction of sp³-hybridized carbons (Fsp3) is 0.455. The molecule has 2 unspecified atom stereocenters. The third-order valence-corrected chi connectivity index (χ3v) is 6.07. The van der Waals surface area contributed by atoms with Gasteiger partial charge in [-0.2, -0.15) is 0 Å². The summed E-state index contributed by atoms with van der Waals surface area (Å²) in [5.74, 6) is -0.566. The molecular weight excluding hydrogens is 358 g/mol. The van der Waals surface area contributed by atoms with E-state index >= 15 is 0 Å². The highest BCUT2D eigenvalue weighted by Gasteiger charge is 2.39. The van der Waals surface area contributed by atoms with E-state index in [-0.39, 0.29) is 23.8 Å². The Morgan fingerprint density at radius 1 is 1.30 bits per heavy atom. The maximum absolute atomic E-state index is 13.0. The highest BCUT2D eigenvalue weighted by Crippen LogP contribution is 2.42. The van der Waals surface area contributed by atoms with Crippen molar-refractivity contribution >= 4 is 23.5 Å². The van der Waals surface area contributed by atoms with Crippen LogP contribution in [0.3, 0.4) is 0 Å². The zero-order valence-corrected chi connectivity index (χ0v) is 17.2. The molecule has 0 saturated carbocycles. The molecular formula is C22H27NO3S. The number of hydrogen-bond donors (Lipinski definition) is 1. The smallest absolute Gasteiger partial charge is 0.337 e. The van der Waals surface area contributed by atoms with E-state index in [0.717, 1.165) is 46.7 Å². The van der Waals surface area contributed by atoms with E-state index in [4.69, 9.17) is 4.74 Å². The maximum atomic E-state index is 13.0. The number of esters is 1. The second kappa shape index (κ2) is 8.34. The monoisotopic (exact) mass is 385 g/mol. The van der Waals surface area contributed by atoms with Crippen molar-refractivity contribution in [2.45, 2.75) is 63.4 Å². The van der Waals surface area contributed by atoms with E-state index < -0.39 is 0 Å². The average Bonchev–Trinajstić information content (AvgIpc) is 2.67. The summed E-state index contributed by atoms with van der Waals surface area (Å²) >= 11 is 1.67. The molecule has 1 aromatic carbocycles. The minimum atomic E-state index is -0.360. The minimum Gasteiger partial charge on any atom is -0.459 e. The number of thioether (sulfide) groups is 1. The predicted octanol–water partition coefficient (Wildman–Crippen LogP) is 4.72. The van der Waals surface area contributed by atoms with Crippen molar-refractivity contribution in [1.29, 1.82) is 0 Å². The Morgan fingerprint density at radius 2 is 2.00 bits per heavy atom. The van der Waals surface area contributed by atoms with Gasteiger partial charge in [-0.3, -0.25) is 4.79 Å². The summed E-state index contributed by atoms with van der Waals surface area (Å²) in [5.41, 5.74) is 4.01. The molecule has 1 heterocycles. The van der Waals surface area contributed by atoms with Gasteiger partial charge >= 0.3 is 5.97 Å². The molecule has 0 bridgehead atoms. The van der Waals surface area contributed by atoms with E-state index in [1.54, 1.807) is 11.8 Å². The minimum absolute atomic E-state index is 0.129. The fourth-order valence-electron chi connectivity index (χ4n) is 3.71. The van der Waals surface area contributed by atoms with Crippen molar-refractivity contribution < 1.29 is 14.3 Å². The second-order valence-electron chi connectivity index (χ2n) is 7.16. The second-order valence-corrected chi connectivity index (χ2v) is 8.04. The highest BCUT2D eigenvalue weighted by atomic mass is 32.2. The van der Waals surface area contributed by atoms with Gasteiger partial charge in [-0.05, 0) is 57.1 Å². The number of allylic oxidation sites excluding steroid dienone is 3. The van der Waals surface area contributed by atoms with Crippen LogP contribution < -0.4 is 5.32 Å². The first-order valence-electron chi connectivity index (χ1n) is 9.55. The van der Waals surface area contributed by atoms with E-state index in [2.05, 4.69) is 5.32 Å². The van der Waals surface area contributed by atoms with Crippen LogP contribution in [0.2, 0.25) is 0 Å². The quantitative estimate of drug-likeness (QED) is 0.587. The maximum Gasteiger partial charge on any atom is 0.337 e. The van der Waals surface area contributed by atoms with Gasteiger partial charge in [0.05, 0.1) is 11.7 Å². The first-order chi connectivity index (χ1) is 13.0. The highest BCUT2D eigenvalue weighted by molar-refractivity contribution is 7.98. The van der Waals surface area contributed by atoms with Gasteiger partial charge in [-0.25, -0.2) is 4.79 Å². The third kappa shape index (κ3) is 3.98. The Hall–Kier alpha value is -2.01. The molecule has 1 aromatic rings. The summed E-state index contributed by atoms with van der Waals surface area (Å²) in [6.07, 6.45) is 4.85. The van der Waals surface area contributed by atoms with Crippen LogP contribution in [0.1, 0.15) is 57.9 Å². The van der Waals surface area contributed by atoms with Gasteiger partial charge in [0.25, 0.3) is 0 Å². The van der Waals surface area contributed by atoms with Gasteiger partial charge in [0, 0.05) is 34.2 Å². The lowest BCUT2D eigenvalue weighted by molar-refractivity contribution is -0.144. The number of ketones is 1. The van der Waals surface area contributed by atoms with Crippen LogP contribution in [0, 0.1) is 0 Å². The van der Waals surface area contributed by atoms with E-state index in [1.807, 2.05) is 51.3 Å². The number of carbonyl (C=O) groups is 2. The lowest BCUT2D eigenvalue weighted by Gasteiger charge is -2.34. The van der Waals surface area contributed by atoms with Gasteiger partial charge in [-0.1, -0.05) is 19.1 Å². The Kier molecular flexibility index (Phi) is 6.10. The van der Waals surface area contributed by atoms with Gasteiger partial charge in [-0.15, -0.1) is 11.8 Å². The van der Waals surface area contributed by atoms with Crippen LogP contribution in [-0.2, 0) is 14.3 Å². The molecule has 0 radical (unpaired) electrons. The van der Waals surface area contributed by atoms with Gasteiger partial charge in [0.2, 0.25) is 0 Å². The molecule has 0 fully saturated rings. The number of hydrogen-bond acceptors (Lipinski definition) is 5. The van der Waals surface area contributed by atoms with E-state index in [9.17, 15) is 9.59 Å². The number of benzene rings is 1. The molecule has 144 valence electrons. The average molecular weight is 386 g/mol. The summed E-state index contributed by atoms with van der Waals surface area (Å²) in [6, 6.07) is 8.14. The number of rotatable bonds is 5. The van der Waals surface area contributed by atoms with Crippen LogP contribution in [0.5, 0.6) is 0 Å². The van der Waals surface area contributed by atoms with Crippen LogP contribution in [0.15, 0.2) is 51.7 Å². The summed E-state index contributed by atoms with van der Waals surface area (Å²) in [6.45, 7) is 5.78. The van der Waals surface area contributed by atoms with Crippen LogP contribution >= 0.6 is 11.8 Å². The SMILES string of the molecule is CCC(C)OC(=O)C1=C(C)NC2=C(C(=O)CCC2)C1c1ccc(SC)cc1. The molecule has 3 rings (SSSR count). The lowest BCUT2D eigenvalue weighted by Crippen LogP contribution is -2.35. The first-order valence-corrected chi connectivity index (χ1v) is 10.8. The third-order valence-electron chi connectivity index (χ3n) is 5.33. The predicted molar refractivity (Wildman–Crippen MR) is 109 cm³/mol. The van der Waals surface area contributed by atoms with Crippen molar-refractivity contribution in [3.05, 3.63) is 52.4 Å². The molecule has 27 heavy (non-hydrogen) atoms. The Balaban J connectivity index is 2.08. The van der Waals surface area contributed by atoms with Crippen molar-refractivity contribution in [3.8, 4) is 0 Å². The molecule has 4 nitrogen and oxygen atoms in total. The standard InChI is InChI=1S/C22H27NO3S/c1-5-13(2)26-22(25)19-14(3)23-17-7-6-8-18(24)21(17)20(19)15-9-11-16(27-4)12-10-15/h9-13,20,23H,5-8H2,1-4H3. The molecule has 2 atom stereocenters. The van der Waals surface area contributed by atoms with Crippen molar-refractivity contribution in [3.63, 3.8) is 0 Å². The van der Waals surface area contributed by atoms with E-state index in [0.29, 0.717) is 12.0 Å². The molecule has 1 aliphatic carbocycles. The molecule has 0 aromatic heterocycles. The number of Topliss-reactive ketones (excluding diaryl/α,β-unsaturated/α-hetero) is 1. The van der Waals surface area contributed by atoms with Crippen LogP contribution in [0.4, 0.5) is 0 Å². The molecule has 0 saturated heterocycles. The van der Waals surface area contributed by atoms with Gasteiger partial charge in [0.15, 0.2) is 5.78 Å². The zero-order chi connectivity index (χ0) is 19.6. The topological polar surface area (TPSA) is 55.4 Å². The Morgan fingerprint density at radius 3 is 2.63 bits per heavy atom. The molecule has 5 heteroatoms. The Bertz CT molecular complexity index is 807. The summed E-state index contributed by atoms with van der Waals surface area (Å²) in [5, 5.41) is 3.33. The number of nitrogens with one attached hydrogen (secondary N) is 1. The summed E-state index contributed by atoms with van der Waals surface area (Å²) < 4.78 is 5.65. The largest absolute Gasteiger partial charge is 0.459 e. The fourth-order valence-corrected chi connectivity index (χ4v) is 4.12. The van der Waals surface area contributed by atoms with Crippen LogP contribution in [0.25, 0.3) is 0 Å². The lowest BCUT2D eigenvalue weighted by atomic mass is 9.75. The summed E-state index contributed by atoms with van der Waals surface area (Å²) in [7, 11) is 0. The Labute approximate surface area is 165 Å². The number of ether oxygens (including phenoxy) is 1. The van der Waals surface area contributed by atoms with Gasteiger partial charge in [0.1, 0.15) is 0 Å². The van der Waals surface area contributed by atoms with Crippen molar-refractivity contribution in [2.24, 2.45) is 0 Å². The van der Waals surface area contributed by atoms with Crippen molar-refractivity contribution in [1.82, 2.24) is 5.32 Å². The normalized spacial score (nSPS) is 20.9. The van der Waals surface area contributed by atoms with Gasteiger partial charge < -0.3 is 10.1 Å². The molecule has 2 aliphatic rings. The first kappa shape index (κ1) is 19.7. The summed E-state index contributed by atoms with van der Waals surface area (Å²) in [4.78, 5) is 27.0. The molecule has 1 aliphatic heterocycles. The number of dihydropyridines is 1. The molecule has 0 spiro atoms. The molecule has 0 amide bonds. The number of carbonyl (C=O) groups excluding carboxylic acids is 2.